The van der Waals surface area contributed by atoms with Crippen LogP contribution in [0.15, 0.2) is 66.7 Å². The molecular formula is C29H31NO5. The number of fused-ring (bicyclic) bond motifs is 1. The lowest BCUT2D eigenvalue weighted by atomic mass is 10.0. The van der Waals surface area contributed by atoms with Gasteiger partial charge in [-0.2, -0.15) is 0 Å². The zero-order valence-corrected chi connectivity index (χ0v) is 20.8. The lowest BCUT2D eigenvalue weighted by molar-refractivity contribution is 0.0521. The Bertz CT molecular complexity index is 1300. The van der Waals surface area contributed by atoms with Crippen molar-refractivity contribution < 1.29 is 23.7 Å². The standard InChI is InChI=1S/C29H31NO5/c1-6-32-29(31)28-27(20-10-12-21(13-11-20)33-18(2)3)25-17-24(14-15-26(25)30-28)35-23-9-7-8-22(16-23)34-19(4)5/h7-19,30H,6H2,1-5H3. The van der Waals surface area contributed by atoms with Crippen molar-refractivity contribution in [3.8, 4) is 34.1 Å². The highest BCUT2D eigenvalue weighted by Gasteiger charge is 2.21. The predicted octanol–water partition coefficient (Wildman–Crippen LogP) is 7.38. The monoisotopic (exact) mass is 473 g/mol. The molecule has 35 heavy (non-hydrogen) atoms. The van der Waals surface area contributed by atoms with E-state index in [1.165, 1.54) is 0 Å². The minimum absolute atomic E-state index is 0.0719. The average Bonchev–Trinajstić information content (AvgIpc) is 3.18. The first kappa shape index (κ1) is 24.2. The van der Waals surface area contributed by atoms with Crippen molar-refractivity contribution in [1.82, 2.24) is 4.98 Å². The van der Waals surface area contributed by atoms with Crippen LogP contribution in [0.1, 0.15) is 45.1 Å². The van der Waals surface area contributed by atoms with Gasteiger partial charge in [-0.25, -0.2) is 4.79 Å². The minimum atomic E-state index is -0.401. The van der Waals surface area contributed by atoms with Gasteiger partial charge >= 0.3 is 5.97 Å². The van der Waals surface area contributed by atoms with Gasteiger partial charge in [0, 0.05) is 22.5 Å². The quantitative estimate of drug-likeness (QED) is 0.257. The number of rotatable bonds is 9. The molecule has 0 amide bonds. The molecule has 6 nitrogen and oxygen atoms in total. The smallest absolute Gasteiger partial charge is 0.355 e. The minimum Gasteiger partial charge on any atom is -0.491 e. The van der Waals surface area contributed by atoms with Crippen LogP contribution in [-0.4, -0.2) is 29.8 Å². The third kappa shape index (κ3) is 5.77. The molecule has 1 aromatic heterocycles. The number of hydrogen-bond acceptors (Lipinski definition) is 5. The summed E-state index contributed by atoms with van der Waals surface area (Å²) in [5.41, 5.74) is 2.86. The average molecular weight is 474 g/mol. The van der Waals surface area contributed by atoms with Gasteiger partial charge in [-0.3, -0.25) is 0 Å². The number of benzene rings is 3. The number of hydrogen-bond donors (Lipinski definition) is 1. The van der Waals surface area contributed by atoms with Crippen LogP contribution >= 0.6 is 0 Å². The van der Waals surface area contributed by atoms with Crippen molar-refractivity contribution in [3.05, 3.63) is 72.4 Å². The van der Waals surface area contributed by atoms with E-state index in [0.717, 1.165) is 33.5 Å². The topological polar surface area (TPSA) is 69.8 Å². The summed E-state index contributed by atoms with van der Waals surface area (Å²) in [6.45, 7) is 10.0. The summed E-state index contributed by atoms with van der Waals surface area (Å²) < 4.78 is 23.0. The predicted molar refractivity (Wildman–Crippen MR) is 138 cm³/mol. The molecule has 0 aliphatic rings. The van der Waals surface area contributed by atoms with E-state index in [9.17, 15) is 4.79 Å². The lowest BCUT2D eigenvalue weighted by Gasteiger charge is -2.12. The summed E-state index contributed by atoms with van der Waals surface area (Å²) in [5.74, 6) is 2.43. The number of H-pyrrole nitrogens is 1. The van der Waals surface area contributed by atoms with Crippen molar-refractivity contribution in [3.63, 3.8) is 0 Å². The van der Waals surface area contributed by atoms with E-state index in [1.54, 1.807) is 6.92 Å². The summed E-state index contributed by atoms with van der Waals surface area (Å²) in [7, 11) is 0. The van der Waals surface area contributed by atoms with Crippen LogP contribution in [0.2, 0.25) is 0 Å². The molecule has 0 bridgehead atoms. The SMILES string of the molecule is CCOC(=O)c1[nH]c2ccc(Oc3cccc(OC(C)C)c3)cc2c1-c1ccc(OC(C)C)cc1. The van der Waals surface area contributed by atoms with Crippen LogP contribution in [0.4, 0.5) is 0 Å². The largest absolute Gasteiger partial charge is 0.491 e. The first-order chi connectivity index (χ1) is 16.8. The Morgan fingerprint density at radius 1 is 0.800 bits per heavy atom. The Hall–Kier alpha value is -3.93. The summed E-state index contributed by atoms with van der Waals surface area (Å²) in [6, 6.07) is 20.9. The molecule has 0 unspecified atom stereocenters. The molecule has 0 saturated heterocycles. The molecule has 3 aromatic carbocycles. The van der Waals surface area contributed by atoms with Crippen molar-refractivity contribution >= 4 is 16.9 Å². The lowest BCUT2D eigenvalue weighted by Crippen LogP contribution is -2.07. The van der Waals surface area contributed by atoms with Gasteiger partial charge in [0.05, 0.1) is 18.8 Å². The van der Waals surface area contributed by atoms with Crippen LogP contribution in [0.3, 0.4) is 0 Å². The summed E-state index contributed by atoms with van der Waals surface area (Å²) in [5, 5.41) is 0.859. The zero-order chi connectivity index (χ0) is 24.9. The van der Waals surface area contributed by atoms with E-state index in [4.69, 9.17) is 18.9 Å². The van der Waals surface area contributed by atoms with Gasteiger partial charge in [-0.15, -0.1) is 0 Å². The van der Waals surface area contributed by atoms with Gasteiger partial charge in [0.2, 0.25) is 0 Å². The number of carbonyl (C=O) groups excluding carboxylic acids is 1. The molecule has 0 saturated carbocycles. The van der Waals surface area contributed by atoms with Gasteiger partial charge in [-0.1, -0.05) is 18.2 Å². The summed E-state index contributed by atoms with van der Waals surface area (Å²) >= 11 is 0. The molecule has 1 N–H and O–H groups in total. The maximum atomic E-state index is 12.8. The molecule has 0 aliphatic heterocycles. The summed E-state index contributed by atoms with van der Waals surface area (Å²) in [6.07, 6.45) is 0.149. The second-order valence-electron chi connectivity index (χ2n) is 8.74. The highest BCUT2D eigenvalue weighted by Crippen LogP contribution is 2.37. The first-order valence-corrected chi connectivity index (χ1v) is 11.9. The molecule has 4 aromatic rings. The molecule has 0 aliphatic carbocycles. The normalized spacial score (nSPS) is 11.2. The van der Waals surface area contributed by atoms with E-state index in [2.05, 4.69) is 4.98 Å². The van der Waals surface area contributed by atoms with Crippen molar-refractivity contribution in [1.29, 1.82) is 0 Å². The van der Waals surface area contributed by atoms with Crippen molar-refractivity contribution in [2.24, 2.45) is 0 Å². The van der Waals surface area contributed by atoms with E-state index in [1.807, 2.05) is 94.4 Å². The molecule has 6 heteroatoms. The molecule has 1 heterocycles. The van der Waals surface area contributed by atoms with Gasteiger partial charge in [-0.05, 0) is 82.6 Å². The fraction of sp³-hybridized carbons (Fsp3) is 0.276. The highest BCUT2D eigenvalue weighted by molar-refractivity contribution is 6.08. The van der Waals surface area contributed by atoms with Crippen LogP contribution in [0.25, 0.3) is 22.0 Å². The van der Waals surface area contributed by atoms with E-state index < -0.39 is 5.97 Å². The van der Waals surface area contributed by atoms with Crippen LogP contribution in [0, 0.1) is 0 Å². The molecule has 0 spiro atoms. The second-order valence-corrected chi connectivity index (χ2v) is 8.74. The van der Waals surface area contributed by atoms with Gasteiger partial charge < -0.3 is 23.9 Å². The van der Waals surface area contributed by atoms with Crippen LogP contribution in [0.5, 0.6) is 23.0 Å². The maximum absolute atomic E-state index is 12.8. The molecule has 0 atom stereocenters. The van der Waals surface area contributed by atoms with Gasteiger partial charge in [0.1, 0.15) is 28.7 Å². The number of nitrogens with one attached hydrogen (secondary N) is 1. The van der Waals surface area contributed by atoms with Crippen LogP contribution < -0.4 is 14.2 Å². The number of carbonyl (C=O) groups is 1. The highest BCUT2D eigenvalue weighted by atomic mass is 16.5. The summed E-state index contributed by atoms with van der Waals surface area (Å²) in [4.78, 5) is 16.0. The molecule has 182 valence electrons. The fourth-order valence-corrected chi connectivity index (χ4v) is 3.88. The Morgan fingerprint density at radius 2 is 1.43 bits per heavy atom. The Labute approximate surface area is 205 Å². The third-order valence-corrected chi connectivity index (χ3v) is 5.18. The number of ether oxygens (including phenoxy) is 4. The Morgan fingerprint density at radius 3 is 2.11 bits per heavy atom. The van der Waals surface area contributed by atoms with E-state index in [-0.39, 0.29) is 18.8 Å². The number of aromatic nitrogens is 1. The third-order valence-electron chi connectivity index (χ3n) is 5.18. The Kier molecular flexibility index (Phi) is 7.30. The molecule has 0 radical (unpaired) electrons. The van der Waals surface area contributed by atoms with E-state index >= 15 is 0 Å². The van der Waals surface area contributed by atoms with E-state index in [0.29, 0.717) is 17.2 Å². The molecular weight excluding hydrogens is 442 g/mol. The molecule has 4 rings (SSSR count). The van der Waals surface area contributed by atoms with Gasteiger partial charge in [0.25, 0.3) is 0 Å². The van der Waals surface area contributed by atoms with Crippen molar-refractivity contribution in [2.75, 3.05) is 6.61 Å². The van der Waals surface area contributed by atoms with Crippen LogP contribution in [-0.2, 0) is 4.74 Å². The fourth-order valence-electron chi connectivity index (χ4n) is 3.88. The zero-order valence-electron chi connectivity index (χ0n) is 20.8. The number of esters is 1. The second kappa shape index (κ2) is 10.6. The van der Waals surface area contributed by atoms with Gasteiger partial charge in [0.15, 0.2) is 0 Å². The van der Waals surface area contributed by atoms with Crippen molar-refractivity contribution in [2.45, 2.75) is 46.8 Å². The first-order valence-electron chi connectivity index (χ1n) is 11.9. The molecule has 0 fully saturated rings. The Balaban J connectivity index is 1.74. The maximum Gasteiger partial charge on any atom is 0.355 e. The number of aromatic amines is 1.